The van der Waals surface area contributed by atoms with Gasteiger partial charge in [-0.15, -0.1) is 12.4 Å². The molecular weight excluding hydrogens is 312 g/mol. The highest BCUT2D eigenvalue weighted by molar-refractivity contribution is 5.85. The standard InChI is InChI=1S/C18H26N2O2.ClH/c1-11-6-12(2)18(13(3)7-11)22-10-17(21)20-16-8-14-4-5-15(9-16)19-14;/h6-7,14-16,19H,4-5,8-10H2,1-3H3,(H,20,21);1H. The molecule has 0 aromatic heterocycles. The van der Waals surface area contributed by atoms with Gasteiger partial charge in [-0.25, -0.2) is 0 Å². The number of carbonyl (C=O) groups excluding carboxylic acids is 1. The summed E-state index contributed by atoms with van der Waals surface area (Å²) in [5.74, 6) is 0.830. The summed E-state index contributed by atoms with van der Waals surface area (Å²) in [6, 6.07) is 5.66. The molecule has 2 fully saturated rings. The summed E-state index contributed by atoms with van der Waals surface area (Å²) in [6.07, 6.45) is 4.58. The quantitative estimate of drug-likeness (QED) is 0.887. The van der Waals surface area contributed by atoms with E-state index in [1.165, 1.54) is 18.4 Å². The zero-order valence-corrected chi connectivity index (χ0v) is 15.0. The van der Waals surface area contributed by atoms with E-state index in [1.54, 1.807) is 0 Å². The predicted octanol–water partition coefficient (Wildman–Crippen LogP) is 2.81. The van der Waals surface area contributed by atoms with Gasteiger partial charge in [-0.3, -0.25) is 4.79 Å². The fourth-order valence-corrected chi connectivity index (χ4v) is 3.98. The average Bonchev–Trinajstić information content (AvgIpc) is 2.76. The highest BCUT2D eigenvalue weighted by Crippen LogP contribution is 2.27. The maximum atomic E-state index is 12.2. The lowest BCUT2D eigenvalue weighted by Crippen LogP contribution is -2.49. The van der Waals surface area contributed by atoms with E-state index in [9.17, 15) is 4.79 Å². The molecule has 4 nitrogen and oxygen atoms in total. The molecule has 5 heteroatoms. The fraction of sp³-hybridized carbons (Fsp3) is 0.611. The van der Waals surface area contributed by atoms with Crippen LogP contribution < -0.4 is 15.4 Å². The van der Waals surface area contributed by atoms with E-state index in [2.05, 4.69) is 29.7 Å². The fourth-order valence-electron chi connectivity index (χ4n) is 3.98. The zero-order chi connectivity index (χ0) is 15.7. The normalized spacial score (nSPS) is 25.6. The number of piperidine rings is 1. The van der Waals surface area contributed by atoms with Crippen molar-refractivity contribution in [2.45, 2.75) is 64.6 Å². The third kappa shape index (κ3) is 4.39. The molecule has 128 valence electrons. The Labute approximate surface area is 144 Å². The molecule has 0 aliphatic carbocycles. The van der Waals surface area contributed by atoms with Crippen LogP contribution in [0.1, 0.15) is 42.4 Å². The summed E-state index contributed by atoms with van der Waals surface area (Å²) < 4.78 is 5.77. The average molecular weight is 339 g/mol. The van der Waals surface area contributed by atoms with Crippen LogP contribution in [0.2, 0.25) is 0 Å². The Morgan fingerprint density at radius 1 is 1.17 bits per heavy atom. The van der Waals surface area contributed by atoms with Crippen LogP contribution in [0.25, 0.3) is 0 Å². The Kier molecular flexibility index (Phi) is 5.93. The maximum absolute atomic E-state index is 12.2. The minimum Gasteiger partial charge on any atom is -0.483 e. The molecule has 1 aromatic carbocycles. The molecule has 2 bridgehead atoms. The van der Waals surface area contributed by atoms with Crippen molar-refractivity contribution in [2.75, 3.05) is 6.61 Å². The van der Waals surface area contributed by atoms with Crippen molar-refractivity contribution < 1.29 is 9.53 Å². The van der Waals surface area contributed by atoms with Crippen LogP contribution >= 0.6 is 12.4 Å². The number of benzene rings is 1. The van der Waals surface area contributed by atoms with Gasteiger partial charge < -0.3 is 15.4 Å². The van der Waals surface area contributed by atoms with Gasteiger partial charge in [0.15, 0.2) is 6.61 Å². The van der Waals surface area contributed by atoms with Gasteiger partial charge in [0.05, 0.1) is 0 Å². The number of hydrogen-bond donors (Lipinski definition) is 2. The maximum Gasteiger partial charge on any atom is 0.258 e. The molecule has 0 saturated carbocycles. The van der Waals surface area contributed by atoms with E-state index in [0.29, 0.717) is 18.1 Å². The Bertz CT molecular complexity index is 541. The van der Waals surface area contributed by atoms with Crippen molar-refractivity contribution in [3.63, 3.8) is 0 Å². The SMILES string of the molecule is Cc1cc(C)c(OCC(=O)NC2CC3CCC(C2)N3)c(C)c1.Cl. The number of carbonyl (C=O) groups is 1. The second kappa shape index (κ2) is 7.54. The van der Waals surface area contributed by atoms with Gasteiger partial charge in [-0.05, 0) is 57.6 Å². The Morgan fingerprint density at radius 3 is 2.30 bits per heavy atom. The molecule has 2 heterocycles. The highest BCUT2D eigenvalue weighted by Gasteiger charge is 2.33. The van der Waals surface area contributed by atoms with Gasteiger partial charge in [0, 0.05) is 18.1 Å². The molecule has 3 rings (SSSR count). The molecule has 2 aliphatic heterocycles. The van der Waals surface area contributed by atoms with Crippen LogP contribution in [0.3, 0.4) is 0 Å². The zero-order valence-electron chi connectivity index (χ0n) is 14.1. The minimum atomic E-state index is -0.00863. The third-order valence-electron chi connectivity index (χ3n) is 4.79. The second-order valence-corrected chi connectivity index (χ2v) is 6.89. The van der Waals surface area contributed by atoms with Crippen molar-refractivity contribution in [1.82, 2.24) is 10.6 Å². The number of halogens is 1. The number of rotatable bonds is 4. The van der Waals surface area contributed by atoms with Gasteiger partial charge in [0.25, 0.3) is 5.91 Å². The predicted molar refractivity (Wildman–Crippen MR) is 94.5 cm³/mol. The second-order valence-electron chi connectivity index (χ2n) is 6.89. The minimum absolute atomic E-state index is 0. The van der Waals surface area contributed by atoms with Crippen molar-refractivity contribution in [2.24, 2.45) is 0 Å². The first-order valence-electron chi connectivity index (χ1n) is 8.27. The van der Waals surface area contributed by atoms with Crippen LogP contribution in [0.5, 0.6) is 5.75 Å². The lowest BCUT2D eigenvalue weighted by Gasteiger charge is -2.29. The van der Waals surface area contributed by atoms with Crippen molar-refractivity contribution in [3.05, 3.63) is 28.8 Å². The Hall–Kier alpha value is -1.26. The van der Waals surface area contributed by atoms with Gasteiger partial charge in [-0.2, -0.15) is 0 Å². The molecule has 0 spiro atoms. The lowest BCUT2D eigenvalue weighted by atomic mass is 10.00. The van der Waals surface area contributed by atoms with E-state index in [1.807, 2.05) is 13.8 Å². The van der Waals surface area contributed by atoms with Crippen molar-refractivity contribution >= 4 is 18.3 Å². The van der Waals surface area contributed by atoms with Gasteiger partial charge in [0.1, 0.15) is 5.75 Å². The first-order valence-corrected chi connectivity index (χ1v) is 8.27. The molecule has 23 heavy (non-hydrogen) atoms. The number of aryl methyl sites for hydroxylation is 3. The molecule has 2 N–H and O–H groups in total. The van der Waals surface area contributed by atoms with Gasteiger partial charge in [-0.1, -0.05) is 17.7 Å². The third-order valence-corrected chi connectivity index (χ3v) is 4.79. The summed E-state index contributed by atoms with van der Waals surface area (Å²) >= 11 is 0. The first-order chi connectivity index (χ1) is 10.5. The molecule has 2 atom stereocenters. The van der Waals surface area contributed by atoms with Gasteiger partial charge in [0.2, 0.25) is 0 Å². The molecule has 2 unspecified atom stereocenters. The number of hydrogen-bond acceptors (Lipinski definition) is 3. The Morgan fingerprint density at radius 2 is 1.74 bits per heavy atom. The van der Waals surface area contributed by atoms with Crippen LogP contribution in [0.4, 0.5) is 0 Å². The topological polar surface area (TPSA) is 50.4 Å². The number of fused-ring (bicyclic) bond motifs is 2. The molecule has 1 amide bonds. The number of ether oxygens (including phenoxy) is 1. The Balaban J connectivity index is 0.00000192. The summed E-state index contributed by atoms with van der Waals surface area (Å²) in [5.41, 5.74) is 3.40. The summed E-state index contributed by atoms with van der Waals surface area (Å²) in [7, 11) is 0. The summed E-state index contributed by atoms with van der Waals surface area (Å²) in [6.45, 7) is 6.22. The monoisotopic (exact) mass is 338 g/mol. The van der Waals surface area contributed by atoms with Gasteiger partial charge >= 0.3 is 0 Å². The summed E-state index contributed by atoms with van der Waals surface area (Å²) in [5, 5.41) is 6.73. The molecule has 2 saturated heterocycles. The number of amides is 1. The van der Waals surface area contributed by atoms with Crippen molar-refractivity contribution in [3.8, 4) is 5.75 Å². The van der Waals surface area contributed by atoms with E-state index in [0.717, 1.165) is 29.7 Å². The lowest BCUT2D eigenvalue weighted by molar-refractivity contribution is -0.124. The van der Waals surface area contributed by atoms with E-state index >= 15 is 0 Å². The van der Waals surface area contributed by atoms with E-state index in [4.69, 9.17) is 4.74 Å². The van der Waals surface area contributed by atoms with Crippen molar-refractivity contribution in [1.29, 1.82) is 0 Å². The van der Waals surface area contributed by atoms with Crippen LogP contribution in [0, 0.1) is 20.8 Å². The smallest absolute Gasteiger partial charge is 0.258 e. The molecule has 0 radical (unpaired) electrons. The van der Waals surface area contributed by atoms with Crippen LogP contribution in [0.15, 0.2) is 12.1 Å². The molecule has 2 aliphatic rings. The first kappa shape index (κ1) is 18.1. The highest BCUT2D eigenvalue weighted by atomic mass is 35.5. The molecular formula is C18H27ClN2O2. The van der Waals surface area contributed by atoms with Crippen LogP contribution in [-0.4, -0.2) is 30.6 Å². The number of nitrogens with one attached hydrogen (secondary N) is 2. The van der Waals surface area contributed by atoms with E-state index < -0.39 is 0 Å². The molecule has 1 aromatic rings. The largest absolute Gasteiger partial charge is 0.483 e. The van der Waals surface area contributed by atoms with E-state index in [-0.39, 0.29) is 24.9 Å². The summed E-state index contributed by atoms with van der Waals surface area (Å²) in [4.78, 5) is 12.2. The van der Waals surface area contributed by atoms with Crippen LogP contribution in [-0.2, 0) is 4.79 Å².